The van der Waals surface area contributed by atoms with Gasteiger partial charge in [0.1, 0.15) is 9.75 Å². The van der Waals surface area contributed by atoms with Crippen molar-refractivity contribution in [1.29, 1.82) is 0 Å². The van der Waals surface area contributed by atoms with Gasteiger partial charge in [0.25, 0.3) is 5.24 Å². The van der Waals surface area contributed by atoms with Crippen LogP contribution in [-0.4, -0.2) is 44.5 Å². The van der Waals surface area contributed by atoms with E-state index in [-0.39, 0.29) is 36.4 Å². The summed E-state index contributed by atoms with van der Waals surface area (Å²) in [6.45, 7) is 1.58. The van der Waals surface area contributed by atoms with Gasteiger partial charge in [0.2, 0.25) is 23.6 Å². The summed E-state index contributed by atoms with van der Waals surface area (Å²) >= 11 is 1.98. The van der Waals surface area contributed by atoms with Gasteiger partial charge in [0.15, 0.2) is 15.1 Å². The molecular weight excluding hydrogens is 602 g/mol. The molecule has 4 heterocycles. The number of benzene rings is 2. The number of carbonyl (C=O) groups is 2. The average molecular weight is 626 g/mol. The second-order valence-electron chi connectivity index (χ2n) is 9.56. The number of halogens is 1. The molecule has 0 radical (unpaired) electrons. The molecule has 2 aromatic carbocycles. The predicted molar refractivity (Wildman–Crippen MR) is 158 cm³/mol. The molecule has 2 unspecified atom stereocenters. The Morgan fingerprint density at radius 3 is 2.50 bits per heavy atom. The summed E-state index contributed by atoms with van der Waals surface area (Å²) in [6, 6.07) is 17.0. The first-order valence-electron chi connectivity index (χ1n) is 12.2. The van der Waals surface area contributed by atoms with Gasteiger partial charge in [0, 0.05) is 18.2 Å². The Kier molecular flexibility index (Phi) is 7.96. The molecule has 1 aliphatic heterocycles. The Morgan fingerprint density at radius 2 is 1.81 bits per heavy atom. The number of fused-ring (bicyclic) bond motifs is 1. The van der Waals surface area contributed by atoms with Crippen LogP contribution >= 0.6 is 23.1 Å². The van der Waals surface area contributed by atoms with E-state index in [1.165, 1.54) is 23.6 Å². The molecule has 3 aromatic heterocycles. The summed E-state index contributed by atoms with van der Waals surface area (Å²) in [6.07, 6.45) is 1.35. The van der Waals surface area contributed by atoms with Crippen molar-refractivity contribution in [2.75, 3.05) is 0 Å². The van der Waals surface area contributed by atoms with Gasteiger partial charge in [-0.3, -0.25) is 14.9 Å². The minimum atomic E-state index is -3.98. The third-order valence-electron chi connectivity index (χ3n) is 6.47. The molecule has 6 rings (SSSR count). The van der Waals surface area contributed by atoms with Gasteiger partial charge in [-0.1, -0.05) is 43.8 Å². The number of hydrogen-bond acceptors (Lipinski definition) is 11. The van der Waals surface area contributed by atoms with Gasteiger partial charge in [-0.25, -0.2) is 18.4 Å². The molecule has 2 amide bonds. The van der Waals surface area contributed by atoms with Crippen LogP contribution in [0, 0.1) is 5.95 Å². The van der Waals surface area contributed by atoms with Gasteiger partial charge in [-0.05, 0) is 54.1 Å². The summed E-state index contributed by atoms with van der Waals surface area (Å²) in [5.41, 5.74) is 2.60. The van der Waals surface area contributed by atoms with Gasteiger partial charge in [0.05, 0.1) is 16.0 Å². The number of thiazole rings is 1. The van der Waals surface area contributed by atoms with Crippen molar-refractivity contribution in [3.63, 3.8) is 0 Å². The van der Waals surface area contributed by atoms with E-state index >= 15 is 0 Å². The van der Waals surface area contributed by atoms with Crippen molar-refractivity contribution in [1.82, 2.24) is 25.5 Å². The fourth-order valence-corrected chi connectivity index (χ4v) is 8.48. The molecule has 0 spiro atoms. The molecule has 14 heteroatoms. The Balaban J connectivity index is 0.00000353. The maximum atomic E-state index is 13.9. The SMILES string of the molecule is C.CC1(Cc2nnc(C(c3nc4ccc(-c5ccc(F)nc5)cc4s3)S(=O)(=O)Cc3ccccc3)o2)SC(=O)NC1=O. The van der Waals surface area contributed by atoms with E-state index in [2.05, 4.69) is 25.5 Å². The third-order valence-corrected chi connectivity index (χ3v) is 10.6. The quantitative estimate of drug-likeness (QED) is 0.219. The second kappa shape index (κ2) is 11.3. The first kappa shape index (κ1) is 29.5. The number of thioether (sulfide) groups is 1. The standard InChI is InChI=1S/C27H20FN5O5S3.CH4/c1-27(25(34)31-26(35)40-27)12-21-32-33-23(38-21)22(41(36,37)14-15-5-3-2-4-6-15)24-30-18-9-7-16(11-19(18)39-24)17-8-10-20(28)29-13-17;/h2-11,13,22H,12,14H2,1H3,(H,31,34,35);1H4. The van der Waals surface area contributed by atoms with E-state index in [1.807, 2.05) is 6.07 Å². The largest absolute Gasteiger partial charge is 0.423 e. The lowest BCUT2D eigenvalue weighted by Crippen LogP contribution is -2.35. The lowest BCUT2D eigenvalue weighted by molar-refractivity contribution is -0.121. The molecule has 0 saturated carbocycles. The molecule has 5 aromatic rings. The van der Waals surface area contributed by atoms with E-state index in [1.54, 1.807) is 55.5 Å². The first-order valence-corrected chi connectivity index (χ1v) is 15.6. The van der Waals surface area contributed by atoms with Crippen LogP contribution in [0.3, 0.4) is 0 Å². The van der Waals surface area contributed by atoms with E-state index in [0.717, 1.165) is 17.3 Å². The summed E-state index contributed by atoms with van der Waals surface area (Å²) < 4.78 is 46.5. The minimum Gasteiger partial charge on any atom is -0.423 e. The molecule has 2 atom stereocenters. The van der Waals surface area contributed by atoms with Crippen molar-refractivity contribution in [2.24, 2.45) is 0 Å². The molecule has 42 heavy (non-hydrogen) atoms. The fraction of sp³-hybridized carbons (Fsp3) is 0.214. The van der Waals surface area contributed by atoms with E-state index in [9.17, 15) is 22.4 Å². The average Bonchev–Trinajstić information content (AvgIpc) is 3.61. The lowest BCUT2D eigenvalue weighted by Gasteiger charge is -2.15. The molecular formula is C28H24FN5O5S3. The summed E-state index contributed by atoms with van der Waals surface area (Å²) in [5.74, 6) is -1.54. The number of hydrogen-bond donors (Lipinski definition) is 1. The molecule has 0 bridgehead atoms. The number of nitrogens with one attached hydrogen (secondary N) is 1. The maximum Gasteiger partial charge on any atom is 0.286 e. The van der Waals surface area contributed by atoms with Crippen molar-refractivity contribution >= 4 is 54.3 Å². The van der Waals surface area contributed by atoms with Crippen molar-refractivity contribution < 1.29 is 26.8 Å². The molecule has 10 nitrogen and oxygen atoms in total. The van der Waals surface area contributed by atoms with Crippen LogP contribution in [0.1, 0.15) is 42.0 Å². The minimum absolute atomic E-state index is 0. The zero-order chi connectivity index (χ0) is 28.8. The monoisotopic (exact) mass is 625 g/mol. The highest BCUT2D eigenvalue weighted by Crippen LogP contribution is 2.39. The maximum absolute atomic E-state index is 13.9. The van der Waals surface area contributed by atoms with Crippen LogP contribution in [0.15, 0.2) is 71.3 Å². The normalized spacial score (nSPS) is 17.7. The van der Waals surface area contributed by atoms with Crippen LogP contribution in [0.5, 0.6) is 0 Å². The highest BCUT2D eigenvalue weighted by atomic mass is 32.2. The fourth-order valence-electron chi connectivity index (χ4n) is 4.43. The van der Waals surface area contributed by atoms with Crippen molar-refractivity contribution in [3.8, 4) is 11.1 Å². The van der Waals surface area contributed by atoms with Gasteiger partial charge in [-0.2, -0.15) is 4.39 Å². The Morgan fingerprint density at radius 1 is 1.05 bits per heavy atom. The summed E-state index contributed by atoms with van der Waals surface area (Å²) in [4.78, 5) is 32.4. The van der Waals surface area contributed by atoms with Crippen LogP contribution in [-0.2, 0) is 26.8 Å². The number of carbonyl (C=O) groups excluding carboxylic acids is 2. The van der Waals surface area contributed by atoms with E-state index in [0.29, 0.717) is 21.3 Å². The van der Waals surface area contributed by atoms with Crippen LogP contribution in [0.4, 0.5) is 9.18 Å². The van der Waals surface area contributed by atoms with E-state index in [4.69, 9.17) is 4.42 Å². The van der Waals surface area contributed by atoms with Crippen LogP contribution in [0.25, 0.3) is 21.3 Å². The Labute approximate surface area is 248 Å². The molecule has 1 saturated heterocycles. The lowest BCUT2D eigenvalue weighted by atomic mass is 10.1. The Hall–Kier alpha value is -4.01. The molecule has 1 fully saturated rings. The number of nitrogens with zero attached hydrogens (tertiary/aromatic N) is 4. The predicted octanol–water partition coefficient (Wildman–Crippen LogP) is 5.51. The molecule has 0 aliphatic carbocycles. The van der Waals surface area contributed by atoms with Gasteiger partial charge >= 0.3 is 0 Å². The summed E-state index contributed by atoms with van der Waals surface area (Å²) in [7, 11) is -3.98. The van der Waals surface area contributed by atoms with Crippen molar-refractivity contribution in [3.05, 3.63) is 95.2 Å². The first-order chi connectivity index (χ1) is 19.6. The third kappa shape index (κ3) is 5.82. The summed E-state index contributed by atoms with van der Waals surface area (Å²) in [5, 5.41) is 8.69. The molecule has 216 valence electrons. The topological polar surface area (TPSA) is 145 Å². The number of aromatic nitrogens is 4. The number of sulfone groups is 1. The highest BCUT2D eigenvalue weighted by molar-refractivity contribution is 8.16. The van der Waals surface area contributed by atoms with Crippen LogP contribution in [0.2, 0.25) is 0 Å². The number of amides is 2. The number of pyridine rings is 1. The number of rotatable bonds is 8. The zero-order valence-corrected chi connectivity index (χ0v) is 23.7. The number of imide groups is 1. The van der Waals surface area contributed by atoms with Crippen LogP contribution < -0.4 is 5.32 Å². The zero-order valence-electron chi connectivity index (χ0n) is 21.3. The van der Waals surface area contributed by atoms with Crippen molar-refractivity contribution in [2.45, 2.75) is 36.5 Å². The van der Waals surface area contributed by atoms with Gasteiger partial charge in [-0.15, -0.1) is 21.5 Å². The van der Waals surface area contributed by atoms with Gasteiger partial charge < -0.3 is 4.42 Å². The molecule has 1 aliphatic rings. The van der Waals surface area contributed by atoms with E-state index < -0.39 is 36.9 Å². The smallest absolute Gasteiger partial charge is 0.286 e. The Bertz CT molecular complexity index is 1890. The second-order valence-corrected chi connectivity index (χ2v) is 14.2. The molecule has 1 N–H and O–H groups in total. The highest BCUT2D eigenvalue weighted by Gasteiger charge is 2.45.